The summed E-state index contributed by atoms with van der Waals surface area (Å²) < 4.78 is 0. The maximum Gasteiger partial charge on any atom is 0.238 e. The Balaban J connectivity index is 1.98. The summed E-state index contributed by atoms with van der Waals surface area (Å²) in [6.07, 6.45) is 1.88. The fourth-order valence-corrected chi connectivity index (χ4v) is 2.52. The number of hydrogen-bond acceptors (Lipinski definition) is 3. The molecule has 0 aliphatic carbocycles. The lowest BCUT2D eigenvalue weighted by molar-refractivity contribution is -0.116. The Bertz CT molecular complexity index is 739. The van der Waals surface area contributed by atoms with Gasteiger partial charge in [0.15, 0.2) is 0 Å². The van der Waals surface area contributed by atoms with E-state index in [0.29, 0.717) is 24.2 Å². The molecule has 0 aliphatic heterocycles. The first-order chi connectivity index (χ1) is 12.0. The fourth-order valence-electron chi connectivity index (χ4n) is 2.52. The fraction of sp³-hybridized carbons (Fsp3) is 0.300. The smallest absolute Gasteiger partial charge is 0.238 e. The molecule has 2 amide bonds. The van der Waals surface area contributed by atoms with Crippen molar-refractivity contribution in [1.29, 1.82) is 0 Å². The van der Waals surface area contributed by atoms with E-state index in [2.05, 4.69) is 10.6 Å². The highest BCUT2D eigenvalue weighted by Gasteiger charge is 2.08. The minimum atomic E-state index is -0.252. The summed E-state index contributed by atoms with van der Waals surface area (Å²) in [6, 6.07) is 13.7. The molecule has 0 bridgehead atoms. The lowest BCUT2D eigenvalue weighted by atomic mass is 10.1. The van der Waals surface area contributed by atoms with Gasteiger partial charge >= 0.3 is 0 Å². The average molecular weight is 339 g/mol. The lowest BCUT2D eigenvalue weighted by Crippen LogP contribution is -2.22. The second kappa shape index (κ2) is 8.99. The largest absolute Gasteiger partial charge is 0.326 e. The molecule has 0 fully saturated rings. The van der Waals surface area contributed by atoms with Gasteiger partial charge in [-0.05, 0) is 43.0 Å². The van der Waals surface area contributed by atoms with Crippen LogP contribution < -0.4 is 16.4 Å². The van der Waals surface area contributed by atoms with Gasteiger partial charge in [-0.3, -0.25) is 9.59 Å². The Morgan fingerprint density at radius 2 is 1.72 bits per heavy atom. The first-order valence-electron chi connectivity index (χ1n) is 8.50. The van der Waals surface area contributed by atoms with Crippen molar-refractivity contribution >= 4 is 23.2 Å². The van der Waals surface area contributed by atoms with Crippen LogP contribution in [0.1, 0.15) is 30.0 Å². The van der Waals surface area contributed by atoms with Gasteiger partial charge in [0.2, 0.25) is 11.8 Å². The molecular weight excluding hydrogens is 314 g/mol. The van der Waals surface area contributed by atoms with Gasteiger partial charge in [-0.1, -0.05) is 42.8 Å². The van der Waals surface area contributed by atoms with Gasteiger partial charge < -0.3 is 16.4 Å². The minimum Gasteiger partial charge on any atom is -0.326 e. The third-order valence-corrected chi connectivity index (χ3v) is 4.00. The van der Waals surface area contributed by atoms with Crippen molar-refractivity contribution in [2.24, 2.45) is 5.73 Å². The van der Waals surface area contributed by atoms with E-state index in [4.69, 9.17) is 5.73 Å². The van der Waals surface area contributed by atoms with E-state index < -0.39 is 0 Å². The van der Waals surface area contributed by atoms with Gasteiger partial charge in [-0.2, -0.15) is 0 Å². The molecule has 0 aromatic heterocycles. The van der Waals surface area contributed by atoms with E-state index in [1.54, 1.807) is 6.07 Å². The number of amides is 2. The normalized spacial score (nSPS) is 10.4. The second-order valence-electron chi connectivity index (χ2n) is 6.01. The van der Waals surface area contributed by atoms with Crippen LogP contribution in [0.3, 0.4) is 0 Å². The molecule has 0 atom stereocenters. The minimum absolute atomic E-state index is 0.0547. The molecule has 5 heteroatoms. The highest BCUT2D eigenvalue weighted by Crippen LogP contribution is 2.22. The first kappa shape index (κ1) is 18.7. The summed E-state index contributed by atoms with van der Waals surface area (Å²) >= 11 is 0. The Morgan fingerprint density at radius 1 is 1.00 bits per heavy atom. The summed E-state index contributed by atoms with van der Waals surface area (Å²) in [5.41, 5.74) is 10.0. The molecule has 132 valence electrons. The van der Waals surface area contributed by atoms with Crippen LogP contribution in [-0.2, 0) is 22.4 Å². The van der Waals surface area contributed by atoms with Crippen molar-refractivity contribution in [3.63, 3.8) is 0 Å². The molecule has 4 N–H and O–H groups in total. The molecule has 0 aliphatic rings. The summed E-state index contributed by atoms with van der Waals surface area (Å²) in [4.78, 5) is 23.7. The highest BCUT2D eigenvalue weighted by atomic mass is 16.2. The van der Waals surface area contributed by atoms with Gasteiger partial charge in [-0.15, -0.1) is 0 Å². The van der Waals surface area contributed by atoms with Crippen LogP contribution in [0.2, 0.25) is 0 Å². The molecule has 0 radical (unpaired) electrons. The predicted molar refractivity (Wildman–Crippen MR) is 102 cm³/mol. The number of anilines is 2. The van der Waals surface area contributed by atoms with E-state index in [-0.39, 0.29) is 18.4 Å². The number of hydrogen-bond donors (Lipinski definition) is 3. The topological polar surface area (TPSA) is 84.2 Å². The molecule has 5 nitrogen and oxygen atoms in total. The summed E-state index contributed by atoms with van der Waals surface area (Å²) in [5, 5.41) is 5.66. The van der Waals surface area contributed by atoms with Crippen LogP contribution in [0.4, 0.5) is 11.4 Å². The monoisotopic (exact) mass is 339 g/mol. The average Bonchev–Trinajstić information content (AvgIpc) is 2.61. The standard InChI is InChI=1S/C20H25N3O2/c1-3-16-9-10-17(12-18(16)23-20(25)13-21)22-19(24)11-8-15-6-4-14(2)5-7-15/h4-7,9-10,12H,3,8,11,13,21H2,1-2H3,(H,22,24)(H,23,25). The van der Waals surface area contributed by atoms with Gasteiger partial charge in [0.05, 0.1) is 6.54 Å². The zero-order valence-corrected chi connectivity index (χ0v) is 14.8. The molecule has 25 heavy (non-hydrogen) atoms. The van der Waals surface area contributed by atoms with Crippen molar-refractivity contribution in [2.45, 2.75) is 33.1 Å². The van der Waals surface area contributed by atoms with E-state index in [9.17, 15) is 9.59 Å². The Hall–Kier alpha value is -2.66. The van der Waals surface area contributed by atoms with E-state index in [1.807, 2.05) is 50.2 Å². The second-order valence-corrected chi connectivity index (χ2v) is 6.01. The molecule has 2 aromatic rings. The molecule has 0 saturated heterocycles. The zero-order valence-electron chi connectivity index (χ0n) is 14.8. The van der Waals surface area contributed by atoms with Crippen molar-refractivity contribution in [3.05, 3.63) is 59.2 Å². The molecule has 2 rings (SSSR count). The number of aryl methyl sites for hydroxylation is 3. The van der Waals surface area contributed by atoms with Gasteiger partial charge in [-0.25, -0.2) is 0 Å². The summed E-state index contributed by atoms with van der Waals surface area (Å²) in [7, 11) is 0. The van der Waals surface area contributed by atoms with Crippen LogP contribution in [0.15, 0.2) is 42.5 Å². The van der Waals surface area contributed by atoms with Crippen LogP contribution >= 0.6 is 0 Å². The molecule has 0 heterocycles. The molecule has 2 aromatic carbocycles. The Kier molecular flexibility index (Phi) is 6.71. The third kappa shape index (κ3) is 5.72. The Labute approximate surface area is 148 Å². The number of nitrogens with one attached hydrogen (secondary N) is 2. The number of benzene rings is 2. The van der Waals surface area contributed by atoms with E-state index in [0.717, 1.165) is 17.5 Å². The van der Waals surface area contributed by atoms with E-state index in [1.165, 1.54) is 5.56 Å². The quantitative estimate of drug-likeness (QED) is 0.725. The zero-order chi connectivity index (χ0) is 18.2. The first-order valence-corrected chi connectivity index (χ1v) is 8.50. The maximum absolute atomic E-state index is 12.2. The number of rotatable bonds is 7. The number of carbonyl (C=O) groups is 2. The SMILES string of the molecule is CCc1ccc(NC(=O)CCc2ccc(C)cc2)cc1NC(=O)CN. The van der Waals surface area contributed by atoms with Crippen molar-refractivity contribution < 1.29 is 9.59 Å². The lowest BCUT2D eigenvalue weighted by Gasteiger charge is -2.12. The molecule has 0 saturated carbocycles. The van der Waals surface area contributed by atoms with Crippen molar-refractivity contribution in [2.75, 3.05) is 17.2 Å². The van der Waals surface area contributed by atoms with Crippen molar-refractivity contribution in [3.8, 4) is 0 Å². The molecule has 0 unspecified atom stereocenters. The van der Waals surface area contributed by atoms with Crippen LogP contribution in [0, 0.1) is 6.92 Å². The Morgan fingerprint density at radius 3 is 2.36 bits per heavy atom. The van der Waals surface area contributed by atoms with Gasteiger partial charge in [0.1, 0.15) is 0 Å². The van der Waals surface area contributed by atoms with Gasteiger partial charge in [0.25, 0.3) is 0 Å². The maximum atomic E-state index is 12.2. The number of carbonyl (C=O) groups excluding carboxylic acids is 2. The van der Waals surface area contributed by atoms with Crippen molar-refractivity contribution in [1.82, 2.24) is 0 Å². The summed E-state index contributed by atoms with van der Waals surface area (Å²) in [5.74, 6) is -0.307. The molecular formula is C20H25N3O2. The van der Waals surface area contributed by atoms with Crippen LogP contribution in [0.5, 0.6) is 0 Å². The molecule has 0 spiro atoms. The predicted octanol–water partition coefficient (Wildman–Crippen LogP) is 3.03. The number of nitrogens with two attached hydrogens (primary N) is 1. The summed E-state index contributed by atoms with van der Waals surface area (Å²) in [6.45, 7) is 3.97. The van der Waals surface area contributed by atoms with E-state index >= 15 is 0 Å². The van der Waals surface area contributed by atoms with Crippen LogP contribution in [0.25, 0.3) is 0 Å². The highest BCUT2D eigenvalue weighted by molar-refractivity contribution is 5.95. The van der Waals surface area contributed by atoms with Crippen LogP contribution in [-0.4, -0.2) is 18.4 Å². The van der Waals surface area contributed by atoms with Gasteiger partial charge in [0, 0.05) is 17.8 Å². The third-order valence-electron chi connectivity index (χ3n) is 4.00.